The molecular formula is C9H19BrN2O2S. The van der Waals surface area contributed by atoms with Crippen LogP contribution in [0.5, 0.6) is 0 Å². The molecule has 0 aliphatic carbocycles. The van der Waals surface area contributed by atoms with E-state index < -0.39 is 10.0 Å². The minimum atomic E-state index is -3.11. The van der Waals surface area contributed by atoms with Crippen LogP contribution in [0.3, 0.4) is 0 Å². The fraction of sp³-hybridized carbons (Fsp3) is 1.00. The van der Waals surface area contributed by atoms with E-state index in [0.29, 0.717) is 6.54 Å². The summed E-state index contributed by atoms with van der Waals surface area (Å²) in [4.78, 5) is 2.21. The average molecular weight is 299 g/mol. The molecule has 1 saturated heterocycles. The van der Waals surface area contributed by atoms with Gasteiger partial charge in [0, 0.05) is 19.1 Å². The number of likely N-dealkylation sites (N-methyl/N-ethyl adjacent to an activating group) is 1. The van der Waals surface area contributed by atoms with E-state index in [2.05, 4.69) is 20.8 Å². The van der Waals surface area contributed by atoms with Crippen LogP contribution in [-0.4, -0.2) is 55.0 Å². The Morgan fingerprint density at radius 1 is 1.40 bits per heavy atom. The number of alkyl halides is 1. The number of halogens is 1. The van der Waals surface area contributed by atoms with Crippen molar-refractivity contribution in [3.8, 4) is 0 Å². The average Bonchev–Trinajstić information content (AvgIpc) is 2.39. The predicted molar refractivity (Wildman–Crippen MR) is 65.6 cm³/mol. The van der Waals surface area contributed by atoms with Gasteiger partial charge in [-0.05, 0) is 26.4 Å². The Morgan fingerprint density at radius 2 is 2.07 bits per heavy atom. The van der Waals surface area contributed by atoms with Crippen molar-refractivity contribution in [2.75, 3.05) is 31.3 Å². The summed E-state index contributed by atoms with van der Waals surface area (Å²) >= 11 is 3.06. The molecule has 0 aromatic heterocycles. The van der Waals surface area contributed by atoms with Crippen LogP contribution in [0.25, 0.3) is 0 Å². The Labute approximate surface area is 101 Å². The molecule has 0 saturated carbocycles. The molecule has 1 rings (SSSR count). The van der Waals surface area contributed by atoms with E-state index in [1.807, 2.05) is 14.0 Å². The summed E-state index contributed by atoms with van der Waals surface area (Å²) < 4.78 is 25.4. The molecule has 0 aromatic carbocycles. The summed E-state index contributed by atoms with van der Waals surface area (Å²) in [6, 6.07) is 0.125. The molecule has 4 nitrogen and oxygen atoms in total. The van der Waals surface area contributed by atoms with E-state index in [9.17, 15) is 8.42 Å². The highest BCUT2D eigenvalue weighted by Crippen LogP contribution is 2.17. The second-order valence-corrected chi connectivity index (χ2v) is 7.23. The summed E-state index contributed by atoms with van der Waals surface area (Å²) in [5.74, 6) is 0. The molecule has 1 atom stereocenters. The second kappa shape index (κ2) is 5.61. The maximum absolute atomic E-state index is 11.8. The molecule has 1 aliphatic heterocycles. The van der Waals surface area contributed by atoms with Crippen LogP contribution in [0.1, 0.15) is 19.8 Å². The van der Waals surface area contributed by atoms with Crippen LogP contribution in [0.15, 0.2) is 0 Å². The van der Waals surface area contributed by atoms with Gasteiger partial charge in [-0.2, -0.15) is 4.31 Å². The Kier molecular flexibility index (Phi) is 5.02. The monoisotopic (exact) mass is 298 g/mol. The fourth-order valence-electron chi connectivity index (χ4n) is 1.98. The maximum Gasteiger partial charge on any atom is 0.224 e. The first kappa shape index (κ1) is 13.4. The van der Waals surface area contributed by atoms with Crippen molar-refractivity contribution in [1.29, 1.82) is 0 Å². The van der Waals surface area contributed by atoms with Gasteiger partial charge in [-0.15, -0.1) is 0 Å². The zero-order valence-electron chi connectivity index (χ0n) is 9.32. The van der Waals surface area contributed by atoms with Crippen LogP contribution < -0.4 is 0 Å². The lowest BCUT2D eigenvalue weighted by Gasteiger charge is -2.28. The van der Waals surface area contributed by atoms with Crippen molar-refractivity contribution in [2.45, 2.75) is 25.8 Å². The third-order valence-electron chi connectivity index (χ3n) is 2.81. The first-order chi connectivity index (χ1) is 7.01. The number of hydrogen-bond acceptors (Lipinski definition) is 3. The maximum atomic E-state index is 11.8. The van der Waals surface area contributed by atoms with Gasteiger partial charge in [0.1, 0.15) is 4.66 Å². The van der Waals surface area contributed by atoms with Gasteiger partial charge in [-0.25, -0.2) is 8.42 Å². The largest absolute Gasteiger partial charge is 0.305 e. The molecule has 0 radical (unpaired) electrons. The van der Waals surface area contributed by atoms with Crippen molar-refractivity contribution in [1.82, 2.24) is 9.21 Å². The highest BCUT2D eigenvalue weighted by atomic mass is 79.9. The molecule has 0 aromatic rings. The van der Waals surface area contributed by atoms with Crippen molar-refractivity contribution < 1.29 is 8.42 Å². The highest BCUT2D eigenvalue weighted by molar-refractivity contribution is 9.10. The Balaban J connectivity index is 2.85. The topological polar surface area (TPSA) is 40.6 Å². The molecule has 1 aliphatic rings. The standard InChI is InChI=1S/C9H19BrN2O2S/c1-3-9-7-11(2)5-4-6-12(9)15(13,14)8-10/h9H,3-8H2,1-2H3. The van der Waals surface area contributed by atoms with Crippen LogP contribution >= 0.6 is 15.9 Å². The minimum Gasteiger partial charge on any atom is -0.305 e. The molecule has 6 heteroatoms. The van der Waals surface area contributed by atoms with Crippen molar-refractivity contribution in [3.05, 3.63) is 0 Å². The number of rotatable bonds is 3. The lowest BCUT2D eigenvalue weighted by atomic mass is 10.2. The number of sulfonamides is 1. The SMILES string of the molecule is CCC1CN(C)CCCN1S(=O)(=O)CBr. The Morgan fingerprint density at radius 3 is 2.60 bits per heavy atom. The van der Waals surface area contributed by atoms with Gasteiger partial charge >= 0.3 is 0 Å². The molecule has 0 bridgehead atoms. The van der Waals surface area contributed by atoms with Crippen molar-refractivity contribution >= 4 is 26.0 Å². The minimum absolute atomic E-state index is 0.0280. The van der Waals surface area contributed by atoms with E-state index in [-0.39, 0.29) is 10.7 Å². The van der Waals surface area contributed by atoms with Gasteiger partial charge in [0.05, 0.1) is 0 Å². The summed E-state index contributed by atoms with van der Waals surface area (Å²) in [6.07, 6.45) is 1.79. The normalized spacial score (nSPS) is 26.5. The number of nitrogens with zero attached hydrogens (tertiary/aromatic N) is 2. The van der Waals surface area contributed by atoms with Crippen LogP contribution in [-0.2, 0) is 10.0 Å². The summed E-state index contributed by atoms with van der Waals surface area (Å²) in [6.45, 7) is 4.50. The molecule has 15 heavy (non-hydrogen) atoms. The number of hydrogen-bond donors (Lipinski definition) is 0. The predicted octanol–water partition coefficient (Wildman–Crippen LogP) is 1.08. The second-order valence-electron chi connectivity index (χ2n) is 4.01. The third-order valence-corrected chi connectivity index (χ3v) is 6.02. The van der Waals surface area contributed by atoms with E-state index in [1.165, 1.54) is 0 Å². The molecule has 1 heterocycles. The van der Waals surface area contributed by atoms with Crippen molar-refractivity contribution in [3.63, 3.8) is 0 Å². The van der Waals surface area contributed by atoms with Gasteiger partial charge in [0.15, 0.2) is 0 Å². The molecule has 90 valence electrons. The summed E-state index contributed by atoms with van der Waals surface area (Å²) in [5, 5.41) is 0. The van der Waals surface area contributed by atoms with Gasteiger partial charge in [-0.1, -0.05) is 22.9 Å². The van der Waals surface area contributed by atoms with Gasteiger partial charge in [-0.3, -0.25) is 0 Å². The summed E-state index contributed by atoms with van der Waals surface area (Å²) in [5.41, 5.74) is 0. The molecular weight excluding hydrogens is 280 g/mol. The van der Waals surface area contributed by atoms with Crippen LogP contribution in [0.2, 0.25) is 0 Å². The van der Waals surface area contributed by atoms with E-state index in [4.69, 9.17) is 0 Å². The van der Waals surface area contributed by atoms with Crippen LogP contribution in [0.4, 0.5) is 0 Å². The smallest absolute Gasteiger partial charge is 0.224 e. The lowest BCUT2D eigenvalue weighted by molar-refractivity contribution is 0.271. The highest BCUT2D eigenvalue weighted by Gasteiger charge is 2.30. The molecule has 0 spiro atoms. The van der Waals surface area contributed by atoms with Gasteiger partial charge < -0.3 is 4.90 Å². The Bertz CT molecular complexity index is 294. The molecule has 1 fully saturated rings. The molecule has 0 N–H and O–H groups in total. The first-order valence-electron chi connectivity index (χ1n) is 5.25. The van der Waals surface area contributed by atoms with E-state index in [1.54, 1.807) is 4.31 Å². The Hall–Kier alpha value is 0.350. The fourth-order valence-corrected chi connectivity index (χ4v) is 3.97. The zero-order valence-corrected chi connectivity index (χ0v) is 11.7. The zero-order chi connectivity index (χ0) is 11.5. The molecule has 0 amide bonds. The van der Waals surface area contributed by atoms with Crippen LogP contribution in [0, 0.1) is 0 Å². The third kappa shape index (κ3) is 3.41. The summed E-state index contributed by atoms with van der Waals surface area (Å²) in [7, 11) is -1.06. The first-order valence-corrected chi connectivity index (χ1v) is 7.98. The van der Waals surface area contributed by atoms with Gasteiger partial charge in [0.25, 0.3) is 0 Å². The lowest BCUT2D eigenvalue weighted by Crippen LogP contribution is -2.43. The molecule has 1 unspecified atom stereocenters. The van der Waals surface area contributed by atoms with Gasteiger partial charge in [0.2, 0.25) is 10.0 Å². The quantitative estimate of drug-likeness (QED) is 0.732. The van der Waals surface area contributed by atoms with Crippen molar-refractivity contribution in [2.24, 2.45) is 0 Å². The van der Waals surface area contributed by atoms with E-state index in [0.717, 1.165) is 25.9 Å². The van der Waals surface area contributed by atoms with E-state index >= 15 is 0 Å².